The minimum atomic E-state index is -1.18. The Kier molecular flexibility index (Phi) is 29.1. The van der Waals surface area contributed by atoms with Crippen molar-refractivity contribution in [3.8, 4) is 0 Å². The standard InChI is InChI=1S/C34H59IN4O9S/c1-25(37-26(2)40)34(48)49-39-27(32(35)45)19-17-18-24-36-29(41)23-22-28(33(46)47)38-30(42)20-15-13-11-9-7-5-3-4-6-8-10-12-14-16-21-31(43)44/h25,27-28,39H,3-24H2,1-2H3,(H,36,41)(H,37,40)(H,38,42)(H,43,44)(H,46,47)/t25-,27-,28-/m0/s1. The Morgan fingerprint density at radius 1 is 0.612 bits per heavy atom. The van der Waals surface area contributed by atoms with E-state index in [-0.39, 0.29) is 52.3 Å². The van der Waals surface area contributed by atoms with E-state index >= 15 is 0 Å². The van der Waals surface area contributed by atoms with Gasteiger partial charge in [-0.3, -0.25) is 28.8 Å². The van der Waals surface area contributed by atoms with E-state index in [0.717, 1.165) is 50.5 Å². The molecule has 0 bridgehead atoms. The highest BCUT2D eigenvalue weighted by Crippen LogP contribution is 2.14. The Balaban J connectivity index is 3.95. The highest BCUT2D eigenvalue weighted by atomic mass is 127. The third-order valence-electron chi connectivity index (χ3n) is 7.93. The zero-order valence-corrected chi connectivity index (χ0v) is 32.3. The van der Waals surface area contributed by atoms with E-state index < -0.39 is 30.1 Å². The van der Waals surface area contributed by atoms with Crippen molar-refractivity contribution < 1.29 is 43.8 Å². The van der Waals surface area contributed by atoms with Crippen LogP contribution in [0.15, 0.2) is 0 Å². The number of nitrogens with one attached hydrogen (secondary N) is 4. The molecular formula is C34H59IN4O9S. The van der Waals surface area contributed by atoms with E-state index in [1.807, 2.05) is 0 Å². The Bertz CT molecular complexity index is 1020. The highest BCUT2D eigenvalue weighted by molar-refractivity contribution is 14.1. The van der Waals surface area contributed by atoms with Crippen molar-refractivity contribution in [3.63, 3.8) is 0 Å². The quantitative estimate of drug-likeness (QED) is 0.0214. The topological polar surface area (TPSA) is 208 Å². The number of hydrogen-bond donors (Lipinski definition) is 6. The van der Waals surface area contributed by atoms with Gasteiger partial charge < -0.3 is 26.2 Å². The predicted molar refractivity (Wildman–Crippen MR) is 199 cm³/mol. The summed E-state index contributed by atoms with van der Waals surface area (Å²) >= 11 is 2.44. The molecule has 0 saturated carbocycles. The van der Waals surface area contributed by atoms with E-state index in [1.54, 1.807) is 29.5 Å². The average Bonchev–Trinajstić information content (AvgIpc) is 3.02. The smallest absolute Gasteiger partial charge is 0.326 e. The van der Waals surface area contributed by atoms with Crippen LogP contribution in [0.5, 0.6) is 0 Å². The molecule has 6 N–H and O–H groups in total. The van der Waals surface area contributed by atoms with Crippen molar-refractivity contribution in [1.29, 1.82) is 0 Å². The molecule has 0 aromatic carbocycles. The molecule has 0 spiro atoms. The SMILES string of the molecule is CC(=O)N[C@@H](C)C(=O)SN[C@@H](CCCCNC(=O)CC[C@H](NC(=O)CCCCCCCCCCCCCCCCC(=O)O)C(=O)O)C(=O)I. The molecule has 0 aliphatic carbocycles. The van der Waals surface area contributed by atoms with Gasteiger partial charge in [-0.05, 0) is 57.4 Å². The third kappa shape index (κ3) is 29.2. The second kappa shape index (κ2) is 30.5. The van der Waals surface area contributed by atoms with Gasteiger partial charge in [-0.1, -0.05) is 77.0 Å². The first-order valence-corrected chi connectivity index (χ1v) is 19.7. The van der Waals surface area contributed by atoms with Crippen LogP contribution < -0.4 is 20.7 Å². The Labute approximate surface area is 309 Å². The van der Waals surface area contributed by atoms with Crippen LogP contribution >= 0.6 is 34.5 Å². The summed E-state index contributed by atoms with van der Waals surface area (Å²) in [5, 5.41) is 25.6. The predicted octanol–water partition coefficient (Wildman–Crippen LogP) is 5.57. The largest absolute Gasteiger partial charge is 0.481 e. The molecule has 15 heteroatoms. The van der Waals surface area contributed by atoms with Gasteiger partial charge in [0.25, 0.3) is 0 Å². The first kappa shape index (κ1) is 46.7. The maximum absolute atomic E-state index is 12.3. The normalized spacial score (nSPS) is 12.8. The van der Waals surface area contributed by atoms with Crippen LogP contribution in [-0.2, 0) is 33.6 Å². The second-order valence-electron chi connectivity index (χ2n) is 12.5. The zero-order valence-electron chi connectivity index (χ0n) is 29.3. The fraction of sp³-hybridized carbons (Fsp3) is 0.794. The highest BCUT2D eigenvalue weighted by Gasteiger charge is 2.22. The van der Waals surface area contributed by atoms with Gasteiger partial charge in [-0.25, -0.2) is 9.52 Å². The minimum absolute atomic E-state index is 0.0167. The van der Waals surface area contributed by atoms with Crippen LogP contribution in [-0.4, -0.2) is 73.4 Å². The monoisotopic (exact) mass is 826 g/mol. The van der Waals surface area contributed by atoms with Crippen molar-refractivity contribution in [2.75, 3.05) is 6.54 Å². The van der Waals surface area contributed by atoms with Crippen LogP contribution in [0.25, 0.3) is 0 Å². The van der Waals surface area contributed by atoms with Gasteiger partial charge in [0.05, 0.1) is 12.1 Å². The lowest BCUT2D eigenvalue weighted by Gasteiger charge is -2.16. The van der Waals surface area contributed by atoms with Gasteiger partial charge in [0.2, 0.25) is 26.6 Å². The van der Waals surface area contributed by atoms with Crippen LogP contribution in [0.3, 0.4) is 0 Å². The number of halogens is 1. The average molecular weight is 827 g/mol. The molecule has 0 aromatic rings. The molecule has 3 atom stereocenters. The van der Waals surface area contributed by atoms with Crippen molar-refractivity contribution in [1.82, 2.24) is 20.7 Å². The summed E-state index contributed by atoms with van der Waals surface area (Å²) in [5.74, 6) is -2.86. The molecule has 0 aromatic heterocycles. The molecule has 282 valence electrons. The number of carbonyl (C=O) groups excluding carboxylic acids is 5. The molecule has 0 unspecified atom stereocenters. The van der Waals surface area contributed by atoms with E-state index in [2.05, 4.69) is 20.7 Å². The number of rotatable bonds is 32. The number of aliphatic carboxylic acids is 2. The summed E-state index contributed by atoms with van der Waals surface area (Å²) in [6.07, 6.45) is 17.2. The lowest BCUT2D eigenvalue weighted by Crippen LogP contribution is -2.41. The molecule has 0 rings (SSSR count). The molecular weight excluding hydrogens is 767 g/mol. The van der Waals surface area contributed by atoms with Gasteiger partial charge in [0, 0.05) is 55.3 Å². The fourth-order valence-electron chi connectivity index (χ4n) is 5.07. The van der Waals surface area contributed by atoms with E-state index in [9.17, 15) is 38.7 Å². The van der Waals surface area contributed by atoms with Crippen molar-refractivity contribution in [2.45, 2.75) is 167 Å². The van der Waals surface area contributed by atoms with Gasteiger partial charge in [-0.15, -0.1) is 0 Å². The van der Waals surface area contributed by atoms with Crippen LogP contribution in [0.2, 0.25) is 0 Å². The van der Waals surface area contributed by atoms with Gasteiger partial charge in [0.1, 0.15) is 6.04 Å². The number of unbranched alkanes of at least 4 members (excludes halogenated alkanes) is 14. The van der Waals surface area contributed by atoms with E-state index in [4.69, 9.17) is 5.11 Å². The number of carboxylic acid groups (broad SMARTS) is 2. The molecule has 0 radical (unpaired) electrons. The number of hydrogen-bond acceptors (Lipinski definition) is 9. The van der Waals surface area contributed by atoms with Gasteiger partial charge in [-0.2, -0.15) is 0 Å². The van der Waals surface area contributed by atoms with Crippen molar-refractivity contribution in [3.05, 3.63) is 0 Å². The van der Waals surface area contributed by atoms with E-state index in [1.165, 1.54) is 51.9 Å². The first-order valence-electron chi connectivity index (χ1n) is 17.8. The fourth-order valence-corrected chi connectivity index (χ4v) is 6.47. The molecule has 0 saturated heterocycles. The molecule has 3 amide bonds. The van der Waals surface area contributed by atoms with Crippen LogP contribution in [0.4, 0.5) is 0 Å². The zero-order chi connectivity index (χ0) is 36.9. The minimum Gasteiger partial charge on any atom is -0.481 e. The molecule has 49 heavy (non-hydrogen) atoms. The van der Waals surface area contributed by atoms with Crippen LogP contribution in [0, 0.1) is 0 Å². The molecule has 0 heterocycles. The Morgan fingerprint density at radius 3 is 1.59 bits per heavy atom. The molecule has 0 fully saturated rings. The second-order valence-corrected chi connectivity index (χ2v) is 14.4. The summed E-state index contributed by atoms with van der Waals surface area (Å²) in [4.78, 5) is 81.8. The Hall–Kier alpha value is -2.27. The number of amides is 3. The maximum Gasteiger partial charge on any atom is 0.326 e. The summed E-state index contributed by atoms with van der Waals surface area (Å²) in [6, 6.07) is -2.39. The molecule has 0 aliphatic heterocycles. The summed E-state index contributed by atoms with van der Waals surface area (Å²) in [7, 11) is 0. The third-order valence-corrected chi connectivity index (χ3v) is 9.64. The van der Waals surface area contributed by atoms with Gasteiger partial charge in [0.15, 0.2) is 0 Å². The summed E-state index contributed by atoms with van der Waals surface area (Å²) in [6.45, 7) is 3.22. The number of carbonyl (C=O) groups is 7. The lowest BCUT2D eigenvalue weighted by atomic mass is 10.0. The van der Waals surface area contributed by atoms with E-state index in [0.29, 0.717) is 32.2 Å². The Morgan fingerprint density at radius 2 is 1.12 bits per heavy atom. The molecule has 13 nitrogen and oxygen atoms in total. The number of carboxylic acids is 2. The summed E-state index contributed by atoms with van der Waals surface area (Å²) < 4.78 is 2.68. The first-order chi connectivity index (χ1) is 23.3. The lowest BCUT2D eigenvalue weighted by molar-refractivity contribution is -0.142. The van der Waals surface area contributed by atoms with Crippen LogP contribution in [0.1, 0.15) is 149 Å². The molecule has 0 aliphatic rings. The van der Waals surface area contributed by atoms with Gasteiger partial charge >= 0.3 is 11.9 Å². The van der Waals surface area contributed by atoms with Crippen molar-refractivity contribution in [2.24, 2.45) is 0 Å². The summed E-state index contributed by atoms with van der Waals surface area (Å²) in [5.41, 5.74) is 0. The van der Waals surface area contributed by atoms with Crippen molar-refractivity contribution >= 4 is 73.1 Å². The maximum atomic E-state index is 12.3.